The van der Waals surface area contributed by atoms with Gasteiger partial charge in [-0.25, -0.2) is 9.97 Å². The summed E-state index contributed by atoms with van der Waals surface area (Å²) in [5, 5.41) is 2.10. The summed E-state index contributed by atoms with van der Waals surface area (Å²) in [5.41, 5.74) is 7.74. The van der Waals surface area contributed by atoms with Crippen LogP contribution in [0.2, 0.25) is 0 Å². The Morgan fingerprint density at radius 2 is 2.16 bits per heavy atom. The molecule has 0 bridgehead atoms. The molecule has 19 heavy (non-hydrogen) atoms. The highest BCUT2D eigenvalue weighted by atomic mass is 32.1. The minimum Gasteiger partial charge on any atom is -0.369 e. The quantitative estimate of drug-likeness (QED) is 0.797. The van der Waals surface area contributed by atoms with E-state index < -0.39 is 0 Å². The van der Waals surface area contributed by atoms with Crippen molar-refractivity contribution in [2.45, 2.75) is 25.8 Å². The van der Waals surface area contributed by atoms with Crippen molar-refractivity contribution in [3.05, 3.63) is 40.7 Å². The van der Waals surface area contributed by atoms with Crippen molar-refractivity contribution in [1.29, 1.82) is 0 Å². The monoisotopic (exact) mass is 272 g/mol. The first-order valence-corrected chi connectivity index (χ1v) is 7.06. The predicted molar refractivity (Wildman–Crippen MR) is 79.3 cm³/mol. The molecule has 0 saturated heterocycles. The molecule has 3 aromatic heterocycles. The van der Waals surface area contributed by atoms with Gasteiger partial charge in [-0.15, -0.1) is 11.3 Å². The number of nitrogens with two attached hydrogens (primary N) is 1. The Labute approximate surface area is 115 Å². The molecule has 0 aromatic carbocycles. The Balaban J connectivity index is 2.04. The van der Waals surface area contributed by atoms with Gasteiger partial charge in [-0.1, -0.05) is 19.9 Å². The Kier molecular flexibility index (Phi) is 2.78. The fourth-order valence-electron chi connectivity index (χ4n) is 2.27. The van der Waals surface area contributed by atoms with Crippen LogP contribution in [0.15, 0.2) is 35.8 Å². The number of imidazole rings is 1. The van der Waals surface area contributed by atoms with Gasteiger partial charge in [-0.05, 0) is 23.6 Å². The SMILES string of the molecule is CC(C)(Cn1c(N)nc2cccnc21)c1cccs1. The summed E-state index contributed by atoms with van der Waals surface area (Å²) < 4.78 is 2.00. The summed E-state index contributed by atoms with van der Waals surface area (Å²) in [7, 11) is 0. The maximum absolute atomic E-state index is 6.03. The van der Waals surface area contributed by atoms with Crippen LogP contribution in [-0.2, 0) is 12.0 Å². The molecule has 4 nitrogen and oxygen atoms in total. The molecular weight excluding hydrogens is 256 g/mol. The minimum atomic E-state index is 0.00738. The summed E-state index contributed by atoms with van der Waals surface area (Å²) in [4.78, 5) is 10.1. The smallest absolute Gasteiger partial charge is 0.202 e. The lowest BCUT2D eigenvalue weighted by molar-refractivity contribution is 0.451. The summed E-state index contributed by atoms with van der Waals surface area (Å²) >= 11 is 1.77. The fourth-order valence-corrected chi connectivity index (χ4v) is 3.11. The number of nitrogen functional groups attached to an aromatic ring is 1. The highest BCUT2D eigenvalue weighted by Crippen LogP contribution is 2.31. The van der Waals surface area contributed by atoms with E-state index >= 15 is 0 Å². The van der Waals surface area contributed by atoms with Crippen molar-refractivity contribution in [3.8, 4) is 0 Å². The van der Waals surface area contributed by atoms with E-state index in [1.807, 2.05) is 16.7 Å². The highest BCUT2D eigenvalue weighted by molar-refractivity contribution is 7.10. The average Bonchev–Trinajstić information content (AvgIpc) is 2.99. The Hall–Kier alpha value is -1.88. The third kappa shape index (κ3) is 2.10. The van der Waals surface area contributed by atoms with Crippen LogP contribution < -0.4 is 5.73 Å². The maximum Gasteiger partial charge on any atom is 0.202 e. The molecule has 0 atom stereocenters. The van der Waals surface area contributed by atoms with Gasteiger partial charge in [0.2, 0.25) is 5.95 Å². The predicted octanol–water partition coefficient (Wildman–Crippen LogP) is 3.05. The molecule has 3 heterocycles. The Morgan fingerprint density at radius 1 is 1.32 bits per heavy atom. The van der Waals surface area contributed by atoms with Crippen LogP contribution in [-0.4, -0.2) is 14.5 Å². The fraction of sp³-hybridized carbons (Fsp3) is 0.286. The third-order valence-electron chi connectivity index (χ3n) is 3.27. The molecule has 2 N–H and O–H groups in total. The number of thiophene rings is 1. The molecule has 0 aliphatic rings. The van der Waals surface area contributed by atoms with Gasteiger partial charge in [0.15, 0.2) is 5.65 Å². The van der Waals surface area contributed by atoms with Crippen LogP contribution in [0.5, 0.6) is 0 Å². The molecule has 3 rings (SSSR count). The lowest BCUT2D eigenvalue weighted by atomic mass is 9.91. The topological polar surface area (TPSA) is 56.7 Å². The molecule has 0 amide bonds. The minimum absolute atomic E-state index is 0.00738. The first-order chi connectivity index (χ1) is 9.08. The first kappa shape index (κ1) is 12.2. The van der Waals surface area contributed by atoms with E-state index in [4.69, 9.17) is 5.73 Å². The van der Waals surface area contributed by atoms with E-state index in [2.05, 4.69) is 41.3 Å². The molecule has 0 aliphatic heterocycles. The van der Waals surface area contributed by atoms with Gasteiger partial charge in [-0.2, -0.15) is 0 Å². The lowest BCUT2D eigenvalue weighted by Gasteiger charge is -2.24. The molecule has 98 valence electrons. The maximum atomic E-state index is 6.03. The van der Waals surface area contributed by atoms with Crippen LogP contribution in [0.25, 0.3) is 11.2 Å². The number of pyridine rings is 1. The zero-order valence-electron chi connectivity index (χ0n) is 11.0. The van der Waals surface area contributed by atoms with Gasteiger partial charge in [-0.3, -0.25) is 4.57 Å². The van der Waals surface area contributed by atoms with Crippen LogP contribution in [0, 0.1) is 0 Å². The van der Waals surface area contributed by atoms with Gasteiger partial charge >= 0.3 is 0 Å². The van der Waals surface area contributed by atoms with Crippen molar-refractivity contribution in [1.82, 2.24) is 14.5 Å². The molecule has 0 radical (unpaired) electrons. The lowest BCUT2D eigenvalue weighted by Crippen LogP contribution is -2.24. The van der Waals surface area contributed by atoms with E-state index in [9.17, 15) is 0 Å². The molecule has 3 aromatic rings. The van der Waals surface area contributed by atoms with Crippen LogP contribution in [0.4, 0.5) is 5.95 Å². The summed E-state index contributed by atoms with van der Waals surface area (Å²) in [5.74, 6) is 0.526. The van der Waals surface area contributed by atoms with Crippen molar-refractivity contribution in [3.63, 3.8) is 0 Å². The summed E-state index contributed by atoms with van der Waals surface area (Å²) in [6.45, 7) is 5.20. The summed E-state index contributed by atoms with van der Waals surface area (Å²) in [6, 6.07) is 8.06. The molecular formula is C14H16N4S. The van der Waals surface area contributed by atoms with Gasteiger partial charge < -0.3 is 5.73 Å². The number of aromatic nitrogens is 3. The van der Waals surface area contributed by atoms with Gasteiger partial charge in [0, 0.05) is 23.0 Å². The summed E-state index contributed by atoms with van der Waals surface area (Å²) in [6.07, 6.45) is 1.78. The number of fused-ring (bicyclic) bond motifs is 1. The second-order valence-corrected chi connectivity index (χ2v) is 6.21. The molecule has 0 fully saturated rings. The second-order valence-electron chi connectivity index (χ2n) is 5.26. The second kappa shape index (κ2) is 4.35. The van der Waals surface area contributed by atoms with Crippen molar-refractivity contribution >= 4 is 28.4 Å². The number of rotatable bonds is 3. The third-order valence-corrected chi connectivity index (χ3v) is 4.51. The number of hydrogen-bond acceptors (Lipinski definition) is 4. The molecule has 0 unspecified atom stereocenters. The Bertz CT molecular complexity index is 697. The van der Waals surface area contributed by atoms with E-state index in [1.54, 1.807) is 17.5 Å². The number of anilines is 1. The number of hydrogen-bond donors (Lipinski definition) is 1. The first-order valence-electron chi connectivity index (χ1n) is 6.19. The zero-order valence-corrected chi connectivity index (χ0v) is 11.8. The van der Waals surface area contributed by atoms with E-state index in [1.165, 1.54) is 4.88 Å². The molecule has 0 saturated carbocycles. The zero-order chi connectivity index (χ0) is 13.5. The van der Waals surface area contributed by atoms with E-state index in [-0.39, 0.29) is 5.41 Å². The van der Waals surface area contributed by atoms with Crippen molar-refractivity contribution in [2.24, 2.45) is 0 Å². The Morgan fingerprint density at radius 3 is 2.89 bits per heavy atom. The molecule has 0 aliphatic carbocycles. The van der Waals surface area contributed by atoms with Gasteiger partial charge in [0.1, 0.15) is 5.52 Å². The average molecular weight is 272 g/mol. The van der Waals surface area contributed by atoms with Gasteiger partial charge in [0.05, 0.1) is 0 Å². The molecule has 5 heteroatoms. The van der Waals surface area contributed by atoms with Gasteiger partial charge in [0.25, 0.3) is 0 Å². The van der Waals surface area contributed by atoms with Crippen LogP contribution in [0.1, 0.15) is 18.7 Å². The highest BCUT2D eigenvalue weighted by Gasteiger charge is 2.24. The largest absolute Gasteiger partial charge is 0.369 e. The van der Waals surface area contributed by atoms with Crippen LogP contribution >= 0.6 is 11.3 Å². The standard InChI is InChI=1S/C14H16N4S/c1-14(2,11-6-4-8-19-11)9-18-12-10(17-13(18)15)5-3-7-16-12/h3-8H,9H2,1-2H3,(H2,15,17). The van der Waals surface area contributed by atoms with E-state index in [0.717, 1.165) is 17.7 Å². The molecule has 0 spiro atoms. The van der Waals surface area contributed by atoms with Crippen molar-refractivity contribution < 1.29 is 0 Å². The van der Waals surface area contributed by atoms with Crippen LogP contribution in [0.3, 0.4) is 0 Å². The number of nitrogens with zero attached hydrogens (tertiary/aromatic N) is 3. The normalized spacial score (nSPS) is 12.1. The van der Waals surface area contributed by atoms with E-state index in [0.29, 0.717) is 5.95 Å². The van der Waals surface area contributed by atoms with Crippen molar-refractivity contribution in [2.75, 3.05) is 5.73 Å².